The molecule has 5 rings (SSSR count). The van der Waals surface area contributed by atoms with E-state index < -0.39 is 6.04 Å². The summed E-state index contributed by atoms with van der Waals surface area (Å²) in [7, 11) is 3.11. The topological polar surface area (TPSA) is 99.5 Å². The summed E-state index contributed by atoms with van der Waals surface area (Å²) in [5.41, 5.74) is 3.55. The van der Waals surface area contributed by atoms with E-state index >= 15 is 0 Å². The van der Waals surface area contributed by atoms with Gasteiger partial charge in [0.1, 0.15) is 36.2 Å². The molecule has 0 radical (unpaired) electrons. The maximum atomic E-state index is 13.7. The molecular formula is C28H26ClN5O4. The third kappa shape index (κ3) is 5.14. The van der Waals surface area contributed by atoms with Crippen molar-refractivity contribution < 1.29 is 19.0 Å². The van der Waals surface area contributed by atoms with Gasteiger partial charge >= 0.3 is 0 Å². The summed E-state index contributed by atoms with van der Waals surface area (Å²) in [5, 5.41) is 11.2. The molecule has 0 bridgehead atoms. The second kappa shape index (κ2) is 10.9. The van der Waals surface area contributed by atoms with Crippen molar-refractivity contribution in [2.45, 2.75) is 19.6 Å². The molecule has 0 saturated carbocycles. The SMILES string of the molecule is COc1ccc(NC(=O)C2=C(C)Nc3ncnn3C2c2ccc(OCc3ccc(Cl)cc3)cc2)c(OC)c1. The standard InChI is InChI=1S/C28H26ClN5O4/c1-17-25(27(35)33-23-13-12-22(36-2)14-24(23)37-3)26(34-28(32-17)30-16-31-34)19-6-10-21(11-7-19)38-15-18-4-8-20(29)9-5-18/h4-14,16,26H,15H2,1-3H3,(H,33,35)(H,30,31,32). The third-order valence-electron chi connectivity index (χ3n) is 6.21. The highest BCUT2D eigenvalue weighted by Crippen LogP contribution is 2.37. The fourth-order valence-corrected chi connectivity index (χ4v) is 4.40. The van der Waals surface area contributed by atoms with Gasteiger partial charge in [-0.3, -0.25) is 4.79 Å². The first-order valence-corrected chi connectivity index (χ1v) is 12.2. The summed E-state index contributed by atoms with van der Waals surface area (Å²) in [4.78, 5) is 18.0. The number of rotatable bonds is 8. The van der Waals surface area contributed by atoms with Crippen LogP contribution in [0.4, 0.5) is 11.6 Å². The van der Waals surface area contributed by atoms with E-state index in [0.717, 1.165) is 11.1 Å². The first-order chi connectivity index (χ1) is 18.5. The number of anilines is 2. The Morgan fingerprint density at radius 1 is 1.03 bits per heavy atom. The van der Waals surface area contributed by atoms with Crippen LogP contribution in [-0.2, 0) is 11.4 Å². The molecule has 0 spiro atoms. The first kappa shape index (κ1) is 25.2. The number of carbonyl (C=O) groups is 1. The number of benzene rings is 3. The number of carbonyl (C=O) groups excluding carboxylic acids is 1. The average Bonchev–Trinajstić information content (AvgIpc) is 3.40. The lowest BCUT2D eigenvalue weighted by molar-refractivity contribution is -0.113. The molecule has 38 heavy (non-hydrogen) atoms. The molecule has 0 saturated heterocycles. The minimum atomic E-state index is -0.511. The minimum absolute atomic E-state index is 0.298. The Morgan fingerprint density at radius 2 is 1.76 bits per heavy atom. The number of hydrogen-bond donors (Lipinski definition) is 2. The van der Waals surface area contributed by atoms with Crippen LogP contribution in [0.1, 0.15) is 24.1 Å². The lowest BCUT2D eigenvalue weighted by atomic mass is 9.95. The normalized spacial score (nSPS) is 14.4. The molecule has 1 aliphatic rings. The summed E-state index contributed by atoms with van der Waals surface area (Å²) >= 11 is 5.96. The van der Waals surface area contributed by atoms with Gasteiger partial charge < -0.3 is 24.8 Å². The number of halogens is 1. The van der Waals surface area contributed by atoms with E-state index in [1.807, 2.05) is 55.5 Å². The van der Waals surface area contributed by atoms with Crippen molar-refractivity contribution in [1.29, 1.82) is 0 Å². The van der Waals surface area contributed by atoms with Crippen molar-refractivity contribution in [2.24, 2.45) is 0 Å². The van der Waals surface area contributed by atoms with Crippen molar-refractivity contribution in [3.05, 3.63) is 100 Å². The molecule has 1 aliphatic heterocycles. The zero-order valence-corrected chi connectivity index (χ0v) is 21.8. The van der Waals surface area contributed by atoms with Gasteiger partial charge in [-0.05, 0) is 54.4 Å². The van der Waals surface area contributed by atoms with Crippen LogP contribution >= 0.6 is 11.6 Å². The summed E-state index contributed by atoms with van der Waals surface area (Å²) in [5.74, 6) is 2.06. The molecular weight excluding hydrogens is 506 g/mol. The third-order valence-corrected chi connectivity index (χ3v) is 6.46. The second-order valence-electron chi connectivity index (χ2n) is 8.60. The van der Waals surface area contributed by atoms with Crippen molar-refractivity contribution in [1.82, 2.24) is 14.8 Å². The van der Waals surface area contributed by atoms with E-state index in [4.69, 9.17) is 25.8 Å². The maximum Gasteiger partial charge on any atom is 0.255 e. The van der Waals surface area contributed by atoms with Crippen LogP contribution in [0.3, 0.4) is 0 Å². The highest BCUT2D eigenvalue weighted by molar-refractivity contribution is 6.30. The molecule has 0 aliphatic carbocycles. The quantitative estimate of drug-likeness (QED) is 0.311. The van der Waals surface area contributed by atoms with Gasteiger partial charge in [-0.2, -0.15) is 10.1 Å². The number of hydrogen-bond acceptors (Lipinski definition) is 7. The Kier molecular flexibility index (Phi) is 7.19. The van der Waals surface area contributed by atoms with E-state index in [2.05, 4.69) is 20.7 Å². The van der Waals surface area contributed by atoms with E-state index in [-0.39, 0.29) is 5.91 Å². The van der Waals surface area contributed by atoms with Crippen LogP contribution in [0.15, 0.2) is 84.3 Å². The highest BCUT2D eigenvalue weighted by atomic mass is 35.5. The van der Waals surface area contributed by atoms with Crippen LogP contribution in [-0.4, -0.2) is 34.9 Å². The average molecular weight is 532 g/mol. The van der Waals surface area contributed by atoms with E-state index in [9.17, 15) is 4.79 Å². The van der Waals surface area contributed by atoms with Crippen molar-refractivity contribution in [3.63, 3.8) is 0 Å². The minimum Gasteiger partial charge on any atom is -0.497 e. The van der Waals surface area contributed by atoms with Crippen molar-refractivity contribution in [3.8, 4) is 17.2 Å². The number of fused-ring (bicyclic) bond motifs is 1. The van der Waals surface area contributed by atoms with Crippen LogP contribution in [0.25, 0.3) is 0 Å². The number of aromatic nitrogens is 3. The summed E-state index contributed by atoms with van der Waals surface area (Å²) in [6, 6.07) is 19.8. The van der Waals surface area contributed by atoms with Crippen molar-refractivity contribution >= 4 is 29.1 Å². The van der Waals surface area contributed by atoms with Gasteiger partial charge in [0.15, 0.2) is 0 Å². The largest absolute Gasteiger partial charge is 0.497 e. The second-order valence-corrected chi connectivity index (χ2v) is 9.04. The zero-order chi connectivity index (χ0) is 26.6. The number of ether oxygens (including phenoxy) is 3. The first-order valence-electron chi connectivity index (χ1n) is 11.8. The van der Waals surface area contributed by atoms with E-state index in [0.29, 0.717) is 51.8 Å². The fourth-order valence-electron chi connectivity index (χ4n) is 4.28. The monoisotopic (exact) mass is 531 g/mol. The molecule has 4 aromatic rings. The Bertz CT molecular complexity index is 1480. The molecule has 10 heteroatoms. The number of allylic oxidation sites excluding steroid dienone is 1. The van der Waals surface area contributed by atoms with Crippen molar-refractivity contribution in [2.75, 3.05) is 24.9 Å². The molecule has 1 unspecified atom stereocenters. The number of amides is 1. The highest BCUT2D eigenvalue weighted by Gasteiger charge is 2.33. The van der Waals surface area contributed by atoms with Crippen LogP contribution in [0, 0.1) is 0 Å². The van der Waals surface area contributed by atoms with Gasteiger partial charge in [0, 0.05) is 16.8 Å². The Balaban J connectivity index is 1.41. The molecule has 0 fully saturated rings. The maximum absolute atomic E-state index is 13.7. The van der Waals surface area contributed by atoms with Gasteiger partial charge in [0.25, 0.3) is 5.91 Å². The fraction of sp³-hybridized carbons (Fsp3) is 0.179. The smallest absolute Gasteiger partial charge is 0.255 e. The molecule has 194 valence electrons. The molecule has 2 heterocycles. The molecule has 1 amide bonds. The molecule has 3 aromatic carbocycles. The van der Waals surface area contributed by atoms with Gasteiger partial charge in [-0.25, -0.2) is 4.68 Å². The van der Waals surface area contributed by atoms with E-state index in [1.165, 1.54) is 13.4 Å². The molecule has 9 nitrogen and oxygen atoms in total. The Hall–Kier alpha value is -4.50. The summed E-state index contributed by atoms with van der Waals surface area (Å²) in [6.07, 6.45) is 1.46. The Morgan fingerprint density at radius 3 is 2.47 bits per heavy atom. The predicted octanol–water partition coefficient (Wildman–Crippen LogP) is 5.46. The van der Waals surface area contributed by atoms with Crippen LogP contribution in [0.2, 0.25) is 5.02 Å². The zero-order valence-electron chi connectivity index (χ0n) is 21.1. The number of nitrogens with one attached hydrogen (secondary N) is 2. The van der Waals surface area contributed by atoms with Gasteiger partial charge in [-0.1, -0.05) is 35.9 Å². The van der Waals surface area contributed by atoms with Gasteiger partial charge in [0.2, 0.25) is 5.95 Å². The van der Waals surface area contributed by atoms with Crippen LogP contribution < -0.4 is 24.8 Å². The number of methoxy groups -OCH3 is 2. The molecule has 1 atom stereocenters. The lowest BCUT2D eigenvalue weighted by Gasteiger charge is -2.29. The lowest BCUT2D eigenvalue weighted by Crippen LogP contribution is -2.31. The summed E-state index contributed by atoms with van der Waals surface area (Å²) in [6.45, 7) is 2.25. The number of nitrogens with zero attached hydrogens (tertiary/aromatic N) is 3. The van der Waals surface area contributed by atoms with Crippen LogP contribution in [0.5, 0.6) is 17.2 Å². The molecule has 2 N–H and O–H groups in total. The van der Waals surface area contributed by atoms with Gasteiger partial charge in [-0.15, -0.1) is 0 Å². The predicted molar refractivity (Wildman–Crippen MR) is 145 cm³/mol. The molecule has 1 aromatic heterocycles. The Labute approximate surface area is 225 Å². The summed E-state index contributed by atoms with van der Waals surface area (Å²) < 4.78 is 18.4. The van der Waals surface area contributed by atoms with Gasteiger partial charge in [0.05, 0.1) is 25.5 Å². The van der Waals surface area contributed by atoms with E-state index in [1.54, 1.807) is 30.0 Å².